The van der Waals surface area contributed by atoms with Crippen molar-refractivity contribution in [3.05, 3.63) is 22.4 Å². The summed E-state index contributed by atoms with van der Waals surface area (Å²) in [6.45, 7) is 4.77. The molecule has 3 nitrogen and oxygen atoms in total. The Kier molecular flexibility index (Phi) is 2.80. The van der Waals surface area contributed by atoms with Gasteiger partial charge >= 0.3 is 0 Å². The quantitative estimate of drug-likeness (QED) is 0.823. The number of thiophene rings is 1. The summed E-state index contributed by atoms with van der Waals surface area (Å²) in [6.07, 6.45) is 2.15. The van der Waals surface area contributed by atoms with Crippen molar-refractivity contribution in [2.75, 3.05) is 0 Å². The van der Waals surface area contributed by atoms with Crippen molar-refractivity contribution in [3.63, 3.8) is 0 Å². The molecule has 1 aromatic rings. The number of hydrogen-bond donors (Lipinski definition) is 2. The SMILES string of the molecule is CC1(C(C)(NCc2cccs2)C(N)=O)CC1. The molecule has 3 N–H and O–H groups in total. The van der Waals surface area contributed by atoms with Gasteiger partial charge < -0.3 is 5.73 Å². The van der Waals surface area contributed by atoms with Crippen molar-refractivity contribution in [2.24, 2.45) is 11.1 Å². The molecule has 0 aliphatic heterocycles. The van der Waals surface area contributed by atoms with Crippen LogP contribution in [0.3, 0.4) is 0 Å². The first kappa shape index (κ1) is 11.6. The summed E-state index contributed by atoms with van der Waals surface area (Å²) in [7, 11) is 0. The number of hydrogen-bond acceptors (Lipinski definition) is 3. The number of carbonyl (C=O) groups excluding carboxylic acids is 1. The van der Waals surface area contributed by atoms with Crippen LogP contribution in [0, 0.1) is 5.41 Å². The summed E-state index contributed by atoms with van der Waals surface area (Å²) >= 11 is 1.69. The lowest BCUT2D eigenvalue weighted by Crippen LogP contribution is -2.58. The van der Waals surface area contributed by atoms with E-state index in [4.69, 9.17) is 5.73 Å². The average Bonchev–Trinajstić information content (AvgIpc) is 2.82. The molecule has 1 heterocycles. The van der Waals surface area contributed by atoms with Gasteiger partial charge in [0.1, 0.15) is 5.54 Å². The van der Waals surface area contributed by atoms with Crippen molar-refractivity contribution in [3.8, 4) is 0 Å². The van der Waals surface area contributed by atoms with E-state index in [2.05, 4.69) is 18.3 Å². The van der Waals surface area contributed by atoms with Gasteiger partial charge in [-0.2, -0.15) is 0 Å². The molecule has 0 saturated heterocycles. The third kappa shape index (κ3) is 1.87. The Morgan fingerprint density at radius 1 is 1.69 bits per heavy atom. The Labute approximate surface area is 100 Å². The summed E-state index contributed by atoms with van der Waals surface area (Å²) in [4.78, 5) is 12.9. The van der Waals surface area contributed by atoms with Crippen molar-refractivity contribution in [2.45, 2.75) is 38.8 Å². The van der Waals surface area contributed by atoms with Crippen LogP contribution in [0.25, 0.3) is 0 Å². The van der Waals surface area contributed by atoms with Gasteiger partial charge in [0, 0.05) is 11.4 Å². The van der Waals surface area contributed by atoms with Crippen LogP contribution in [-0.2, 0) is 11.3 Å². The highest BCUT2D eigenvalue weighted by Crippen LogP contribution is 2.53. The van der Waals surface area contributed by atoms with Gasteiger partial charge in [0.05, 0.1) is 0 Å². The number of rotatable bonds is 5. The molecule has 1 aliphatic rings. The molecule has 1 fully saturated rings. The second kappa shape index (κ2) is 3.86. The highest BCUT2D eigenvalue weighted by atomic mass is 32.1. The minimum Gasteiger partial charge on any atom is -0.368 e. The summed E-state index contributed by atoms with van der Waals surface area (Å²) in [5.74, 6) is -0.246. The molecular weight excluding hydrogens is 220 g/mol. The molecule has 0 spiro atoms. The fraction of sp³-hybridized carbons (Fsp3) is 0.583. The predicted molar refractivity (Wildman–Crippen MR) is 66.1 cm³/mol. The first-order valence-electron chi connectivity index (χ1n) is 5.55. The van der Waals surface area contributed by atoms with E-state index < -0.39 is 5.54 Å². The molecular formula is C12H18N2OS. The third-order valence-electron chi connectivity index (χ3n) is 3.90. The molecule has 1 unspecified atom stereocenters. The normalized spacial score (nSPS) is 21.4. The summed E-state index contributed by atoms with van der Waals surface area (Å²) in [5, 5.41) is 5.38. The Bertz CT molecular complexity index is 384. The maximum Gasteiger partial charge on any atom is 0.238 e. The van der Waals surface area contributed by atoms with Crippen molar-refractivity contribution in [1.82, 2.24) is 5.32 Å². The van der Waals surface area contributed by atoms with Gasteiger partial charge in [-0.25, -0.2) is 0 Å². The summed E-state index contributed by atoms with van der Waals surface area (Å²) in [6, 6.07) is 4.08. The molecule has 0 radical (unpaired) electrons. The molecule has 2 rings (SSSR count). The largest absolute Gasteiger partial charge is 0.368 e. The van der Waals surface area contributed by atoms with Crippen molar-refractivity contribution < 1.29 is 4.79 Å². The molecule has 4 heteroatoms. The lowest BCUT2D eigenvalue weighted by atomic mass is 9.83. The Morgan fingerprint density at radius 3 is 2.81 bits per heavy atom. The lowest BCUT2D eigenvalue weighted by molar-refractivity contribution is -0.126. The highest BCUT2D eigenvalue weighted by Gasteiger charge is 2.56. The third-order valence-corrected chi connectivity index (χ3v) is 4.77. The van der Waals surface area contributed by atoms with Crippen LogP contribution in [0.2, 0.25) is 0 Å². The van der Waals surface area contributed by atoms with Crippen LogP contribution in [0.4, 0.5) is 0 Å². The van der Waals surface area contributed by atoms with E-state index in [-0.39, 0.29) is 11.3 Å². The zero-order valence-corrected chi connectivity index (χ0v) is 10.6. The van der Waals surface area contributed by atoms with Gasteiger partial charge in [-0.15, -0.1) is 11.3 Å². The minimum absolute atomic E-state index is 0.0378. The minimum atomic E-state index is -0.586. The number of nitrogens with two attached hydrogens (primary N) is 1. The van der Waals surface area contributed by atoms with Gasteiger partial charge in [-0.3, -0.25) is 10.1 Å². The Hall–Kier alpha value is -0.870. The van der Waals surface area contributed by atoms with Gasteiger partial charge in [0.15, 0.2) is 0 Å². The maximum absolute atomic E-state index is 11.6. The van der Waals surface area contributed by atoms with Crippen molar-refractivity contribution >= 4 is 17.2 Å². The fourth-order valence-corrected chi connectivity index (χ4v) is 2.61. The fourth-order valence-electron chi connectivity index (χ4n) is 1.96. The molecule has 1 aromatic heterocycles. The lowest BCUT2D eigenvalue weighted by Gasteiger charge is -2.34. The van der Waals surface area contributed by atoms with Crippen LogP contribution in [-0.4, -0.2) is 11.4 Å². The number of amides is 1. The highest BCUT2D eigenvalue weighted by molar-refractivity contribution is 7.09. The molecule has 0 aromatic carbocycles. The topological polar surface area (TPSA) is 55.1 Å². The zero-order valence-electron chi connectivity index (χ0n) is 9.75. The average molecular weight is 238 g/mol. The van der Waals surface area contributed by atoms with Crippen LogP contribution in [0.5, 0.6) is 0 Å². The van der Waals surface area contributed by atoms with E-state index >= 15 is 0 Å². The smallest absolute Gasteiger partial charge is 0.238 e. The number of nitrogens with one attached hydrogen (secondary N) is 1. The summed E-state index contributed by atoms with van der Waals surface area (Å²) in [5.41, 5.74) is 4.99. The predicted octanol–water partition coefficient (Wildman–Crippen LogP) is 1.88. The standard InChI is InChI=1S/C12H18N2OS/c1-11(5-6-11)12(2,10(13)15)14-8-9-4-3-7-16-9/h3-4,7,14H,5-6,8H2,1-2H3,(H2,13,15). The van der Waals surface area contributed by atoms with Gasteiger partial charge in [-0.05, 0) is 36.6 Å². The van der Waals surface area contributed by atoms with E-state index in [1.54, 1.807) is 11.3 Å². The monoisotopic (exact) mass is 238 g/mol. The summed E-state index contributed by atoms with van der Waals surface area (Å²) < 4.78 is 0. The van der Waals surface area contributed by atoms with Gasteiger partial charge in [0.2, 0.25) is 5.91 Å². The molecule has 1 aliphatic carbocycles. The van der Waals surface area contributed by atoms with E-state index in [0.717, 1.165) is 12.8 Å². The first-order valence-corrected chi connectivity index (χ1v) is 6.43. The van der Waals surface area contributed by atoms with E-state index in [0.29, 0.717) is 6.54 Å². The van der Waals surface area contributed by atoms with E-state index in [1.807, 2.05) is 18.4 Å². The van der Waals surface area contributed by atoms with E-state index in [9.17, 15) is 4.79 Å². The Balaban J connectivity index is 2.07. The van der Waals surface area contributed by atoms with Crippen molar-refractivity contribution in [1.29, 1.82) is 0 Å². The molecule has 0 bridgehead atoms. The second-order valence-electron chi connectivity index (χ2n) is 4.98. The molecule has 1 atom stereocenters. The van der Waals surface area contributed by atoms with Crippen LogP contribution < -0.4 is 11.1 Å². The molecule has 1 amide bonds. The second-order valence-corrected chi connectivity index (χ2v) is 6.02. The molecule has 16 heavy (non-hydrogen) atoms. The zero-order chi connectivity index (χ0) is 11.8. The van der Waals surface area contributed by atoms with Crippen LogP contribution >= 0.6 is 11.3 Å². The molecule has 88 valence electrons. The van der Waals surface area contributed by atoms with E-state index in [1.165, 1.54) is 4.88 Å². The maximum atomic E-state index is 11.6. The first-order chi connectivity index (χ1) is 7.48. The van der Waals surface area contributed by atoms with Crippen LogP contribution in [0.15, 0.2) is 17.5 Å². The number of primary amides is 1. The number of carbonyl (C=O) groups is 1. The molecule has 1 saturated carbocycles. The van der Waals surface area contributed by atoms with Gasteiger partial charge in [-0.1, -0.05) is 13.0 Å². The van der Waals surface area contributed by atoms with Crippen LogP contribution in [0.1, 0.15) is 31.6 Å². The Morgan fingerprint density at radius 2 is 2.38 bits per heavy atom. The van der Waals surface area contributed by atoms with Gasteiger partial charge in [0.25, 0.3) is 0 Å².